The Balaban J connectivity index is 2.94. The summed E-state index contributed by atoms with van der Waals surface area (Å²) in [5, 5.41) is 3.38. The van der Waals surface area contributed by atoms with Gasteiger partial charge in [-0.1, -0.05) is 0 Å². The molecule has 0 saturated heterocycles. The maximum atomic E-state index is 4.49. The first kappa shape index (κ1) is 9.54. The molecular weight excluding hydrogens is 414 g/mol. The lowest BCUT2D eigenvalue weighted by molar-refractivity contribution is 1.47. The monoisotopic (exact) mass is 418 g/mol. The molecular formula is C8H4I2S2. The van der Waals surface area contributed by atoms with Gasteiger partial charge in [-0.3, -0.25) is 0 Å². The highest BCUT2D eigenvalue weighted by Gasteiger charge is 2.06. The van der Waals surface area contributed by atoms with Crippen molar-refractivity contribution < 1.29 is 0 Å². The molecule has 0 fully saturated rings. The maximum absolute atomic E-state index is 4.49. The third-order valence-corrected chi connectivity index (χ3v) is 6.38. The number of thiophene rings is 1. The van der Waals surface area contributed by atoms with E-state index in [9.17, 15) is 0 Å². The summed E-state index contributed by atoms with van der Waals surface area (Å²) >= 11 is 10.9. The topological polar surface area (TPSA) is 0 Å². The maximum Gasteiger partial charge on any atom is 0.0404 e. The zero-order valence-corrected chi connectivity index (χ0v) is 11.9. The second-order valence-electron chi connectivity index (χ2n) is 2.35. The van der Waals surface area contributed by atoms with Gasteiger partial charge in [0.15, 0.2) is 0 Å². The first-order chi connectivity index (χ1) is 5.70. The fourth-order valence-corrected chi connectivity index (χ4v) is 3.71. The highest BCUT2D eigenvalue weighted by atomic mass is 127. The van der Waals surface area contributed by atoms with Crippen LogP contribution in [0.4, 0.5) is 0 Å². The van der Waals surface area contributed by atoms with Crippen molar-refractivity contribution in [3.05, 3.63) is 24.7 Å². The van der Waals surface area contributed by atoms with E-state index in [1.165, 1.54) is 17.2 Å². The molecule has 0 aliphatic heterocycles. The lowest BCUT2D eigenvalue weighted by atomic mass is 10.3. The Hall–Kier alpha value is 0.990. The fourth-order valence-electron chi connectivity index (χ4n) is 1.04. The summed E-state index contributed by atoms with van der Waals surface area (Å²) in [5.41, 5.74) is 0. The Bertz CT molecular complexity index is 434. The van der Waals surface area contributed by atoms with E-state index in [4.69, 9.17) is 0 Å². The first-order valence-electron chi connectivity index (χ1n) is 3.24. The second-order valence-corrected chi connectivity index (χ2v) is 5.99. The number of thiol groups is 1. The standard InChI is InChI=1S/C8H4I2S2/c9-5-3-6-4(1-2-12-6)8(11)7(5)10/h1-3,11H. The van der Waals surface area contributed by atoms with Crippen molar-refractivity contribution in [1.29, 1.82) is 0 Å². The van der Waals surface area contributed by atoms with Crippen molar-refractivity contribution in [2.75, 3.05) is 0 Å². The Kier molecular flexibility index (Phi) is 2.88. The minimum absolute atomic E-state index is 1.11. The molecule has 0 unspecified atom stereocenters. The number of benzene rings is 1. The molecule has 2 aromatic rings. The minimum atomic E-state index is 1.11. The van der Waals surface area contributed by atoms with Crippen LogP contribution in [0, 0.1) is 7.14 Å². The van der Waals surface area contributed by atoms with Crippen LogP contribution in [-0.4, -0.2) is 0 Å². The Labute approximate surface area is 107 Å². The molecule has 0 aliphatic rings. The first-order valence-corrected chi connectivity index (χ1v) is 6.73. The number of hydrogen-bond acceptors (Lipinski definition) is 2. The SMILES string of the molecule is Sc1c(I)c(I)cc2sccc12. The molecule has 1 aromatic carbocycles. The van der Waals surface area contributed by atoms with E-state index in [2.05, 4.69) is 75.3 Å². The van der Waals surface area contributed by atoms with Crippen LogP contribution in [0.3, 0.4) is 0 Å². The van der Waals surface area contributed by atoms with Crippen LogP contribution in [0.2, 0.25) is 0 Å². The van der Waals surface area contributed by atoms with Crippen molar-refractivity contribution in [3.8, 4) is 0 Å². The molecule has 0 nitrogen and oxygen atoms in total. The van der Waals surface area contributed by atoms with E-state index < -0.39 is 0 Å². The largest absolute Gasteiger partial charge is 0.144 e. The Morgan fingerprint density at radius 2 is 2.08 bits per heavy atom. The normalized spacial score (nSPS) is 10.9. The summed E-state index contributed by atoms with van der Waals surface area (Å²) in [6, 6.07) is 4.34. The minimum Gasteiger partial charge on any atom is -0.144 e. The van der Waals surface area contributed by atoms with Crippen LogP contribution >= 0.6 is 69.1 Å². The molecule has 0 aliphatic carbocycles. The van der Waals surface area contributed by atoms with E-state index in [-0.39, 0.29) is 0 Å². The van der Waals surface area contributed by atoms with Crippen molar-refractivity contribution in [2.45, 2.75) is 4.90 Å². The lowest BCUT2D eigenvalue weighted by Gasteiger charge is -2.01. The van der Waals surface area contributed by atoms with Gasteiger partial charge in [0, 0.05) is 22.1 Å². The highest BCUT2D eigenvalue weighted by molar-refractivity contribution is 14.1. The highest BCUT2D eigenvalue weighted by Crippen LogP contribution is 2.33. The van der Waals surface area contributed by atoms with Gasteiger partial charge in [-0.25, -0.2) is 0 Å². The van der Waals surface area contributed by atoms with Crippen molar-refractivity contribution in [1.82, 2.24) is 0 Å². The third kappa shape index (κ3) is 1.51. The van der Waals surface area contributed by atoms with Crippen LogP contribution in [0.25, 0.3) is 10.1 Å². The smallest absolute Gasteiger partial charge is 0.0404 e. The van der Waals surface area contributed by atoms with E-state index in [0.29, 0.717) is 0 Å². The molecule has 0 atom stereocenters. The lowest BCUT2D eigenvalue weighted by Crippen LogP contribution is -1.81. The van der Waals surface area contributed by atoms with Gasteiger partial charge in [0.05, 0.1) is 0 Å². The molecule has 4 heteroatoms. The van der Waals surface area contributed by atoms with Crippen LogP contribution in [-0.2, 0) is 0 Å². The van der Waals surface area contributed by atoms with Crippen molar-refractivity contribution in [2.24, 2.45) is 0 Å². The second kappa shape index (κ2) is 3.62. The number of fused-ring (bicyclic) bond motifs is 1. The van der Waals surface area contributed by atoms with E-state index in [0.717, 1.165) is 4.90 Å². The van der Waals surface area contributed by atoms with Gasteiger partial charge in [0.25, 0.3) is 0 Å². The van der Waals surface area contributed by atoms with Gasteiger partial charge < -0.3 is 0 Å². The molecule has 0 spiro atoms. The average molecular weight is 418 g/mol. The van der Waals surface area contributed by atoms with Crippen LogP contribution in [0.1, 0.15) is 0 Å². The summed E-state index contributed by atoms with van der Waals surface area (Å²) in [6.07, 6.45) is 0. The Morgan fingerprint density at radius 3 is 2.83 bits per heavy atom. The van der Waals surface area contributed by atoms with Crippen LogP contribution in [0.5, 0.6) is 0 Å². The van der Waals surface area contributed by atoms with E-state index in [1.54, 1.807) is 11.3 Å². The summed E-state index contributed by atoms with van der Waals surface area (Å²) in [5.74, 6) is 0. The molecule has 12 heavy (non-hydrogen) atoms. The zero-order chi connectivity index (χ0) is 8.72. The van der Waals surface area contributed by atoms with Crippen LogP contribution < -0.4 is 0 Å². The molecule has 0 N–H and O–H groups in total. The van der Waals surface area contributed by atoms with Gasteiger partial charge >= 0.3 is 0 Å². The van der Waals surface area contributed by atoms with Gasteiger partial charge in [0.2, 0.25) is 0 Å². The quantitative estimate of drug-likeness (QED) is 0.476. The predicted molar refractivity (Wildman–Crippen MR) is 74.5 cm³/mol. The third-order valence-electron chi connectivity index (χ3n) is 1.63. The molecule has 62 valence electrons. The van der Waals surface area contributed by atoms with E-state index >= 15 is 0 Å². The summed E-state index contributed by atoms with van der Waals surface area (Å²) in [7, 11) is 0. The van der Waals surface area contributed by atoms with Crippen LogP contribution in [0.15, 0.2) is 22.4 Å². The molecule has 1 heterocycles. The predicted octanol–water partition coefficient (Wildman–Crippen LogP) is 4.40. The summed E-state index contributed by atoms with van der Waals surface area (Å²) < 4.78 is 3.86. The fraction of sp³-hybridized carbons (Fsp3) is 0. The van der Waals surface area contributed by atoms with Gasteiger partial charge in [-0.05, 0) is 62.7 Å². The zero-order valence-electron chi connectivity index (χ0n) is 5.84. The number of hydrogen-bond donors (Lipinski definition) is 1. The van der Waals surface area contributed by atoms with Gasteiger partial charge in [0.1, 0.15) is 0 Å². The molecule has 2 rings (SSSR count). The van der Waals surface area contributed by atoms with Gasteiger partial charge in [-0.2, -0.15) is 0 Å². The van der Waals surface area contributed by atoms with Crippen molar-refractivity contribution >= 4 is 79.2 Å². The molecule has 0 bridgehead atoms. The van der Waals surface area contributed by atoms with Crippen molar-refractivity contribution in [3.63, 3.8) is 0 Å². The molecule has 0 saturated carbocycles. The summed E-state index contributed by atoms with van der Waals surface area (Å²) in [4.78, 5) is 1.11. The van der Waals surface area contributed by atoms with E-state index in [1.807, 2.05) is 0 Å². The summed E-state index contributed by atoms with van der Waals surface area (Å²) in [6.45, 7) is 0. The molecule has 0 radical (unpaired) electrons. The molecule has 1 aromatic heterocycles. The number of rotatable bonds is 0. The Morgan fingerprint density at radius 1 is 1.33 bits per heavy atom. The molecule has 0 amide bonds. The van der Waals surface area contributed by atoms with Gasteiger partial charge in [-0.15, -0.1) is 24.0 Å². The average Bonchev–Trinajstić information content (AvgIpc) is 2.48. The number of halogens is 2.